The Morgan fingerprint density at radius 1 is 1.23 bits per heavy atom. The van der Waals surface area contributed by atoms with Gasteiger partial charge in [-0.05, 0) is 66.9 Å². The van der Waals surface area contributed by atoms with Gasteiger partial charge in [0.25, 0.3) is 5.56 Å². The van der Waals surface area contributed by atoms with Gasteiger partial charge in [0, 0.05) is 37.1 Å². The van der Waals surface area contributed by atoms with E-state index in [4.69, 9.17) is 21.1 Å². The number of aromatic hydroxyl groups is 1. The summed E-state index contributed by atoms with van der Waals surface area (Å²) < 4.78 is 28.7. The monoisotopic (exact) mass is 625 g/mol. The second-order valence-corrected chi connectivity index (χ2v) is 13.2. The number of piperazine rings is 1. The maximum absolute atomic E-state index is 15.2. The topological polar surface area (TPSA) is 111 Å². The van der Waals surface area contributed by atoms with Crippen LogP contribution >= 0.6 is 11.6 Å². The van der Waals surface area contributed by atoms with Crippen LogP contribution in [0.4, 0.5) is 14.9 Å². The summed E-state index contributed by atoms with van der Waals surface area (Å²) in [5, 5.41) is 21.7. The molecule has 0 aliphatic carbocycles. The van der Waals surface area contributed by atoms with Crippen LogP contribution in [0, 0.1) is 17.1 Å². The first kappa shape index (κ1) is 31.4. The molecule has 0 unspecified atom stereocenters. The second kappa shape index (κ2) is 11.5. The Morgan fingerprint density at radius 3 is 2.55 bits per heavy atom. The summed E-state index contributed by atoms with van der Waals surface area (Å²) >= 11 is 6.88. The summed E-state index contributed by atoms with van der Waals surface area (Å²) in [5.74, 6) is -0.881. The zero-order valence-corrected chi connectivity index (χ0v) is 26.7. The van der Waals surface area contributed by atoms with E-state index >= 15 is 4.39 Å². The summed E-state index contributed by atoms with van der Waals surface area (Å²) in [4.78, 5) is 32.8. The lowest BCUT2D eigenvalue weighted by molar-refractivity contribution is 0.0130. The molecule has 5 rings (SSSR count). The van der Waals surface area contributed by atoms with Gasteiger partial charge in [-0.25, -0.2) is 9.18 Å². The Morgan fingerprint density at radius 2 is 1.93 bits per heavy atom. The molecule has 1 saturated heterocycles. The smallest absolute Gasteiger partial charge is 0.410 e. The number of phenols is 1. The molecule has 0 spiro atoms. The van der Waals surface area contributed by atoms with Crippen molar-refractivity contribution in [2.24, 2.45) is 0 Å². The zero-order chi connectivity index (χ0) is 32.2. The van der Waals surface area contributed by atoms with E-state index in [1.165, 1.54) is 18.2 Å². The molecule has 0 saturated carbocycles. The van der Waals surface area contributed by atoms with Crippen LogP contribution in [-0.2, 0) is 4.74 Å². The van der Waals surface area contributed by atoms with Gasteiger partial charge in [0.05, 0.1) is 33.4 Å². The van der Waals surface area contributed by atoms with Crippen LogP contribution in [0.2, 0.25) is 5.02 Å². The number of carbonyl (C=O) groups excluding carboxylic acids is 1. The summed E-state index contributed by atoms with van der Waals surface area (Å²) in [6.07, 6.45) is -0.439. The first-order chi connectivity index (χ1) is 20.6. The van der Waals surface area contributed by atoms with Crippen molar-refractivity contribution in [3.8, 4) is 28.7 Å². The Labute approximate surface area is 260 Å². The highest BCUT2D eigenvalue weighted by atomic mass is 35.5. The number of anilines is 1. The molecular weight excluding hydrogens is 589 g/mol. The van der Waals surface area contributed by atoms with Crippen molar-refractivity contribution in [3.63, 3.8) is 0 Å². The minimum Gasteiger partial charge on any atom is -0.507 e. The summed E-state index contributed by atoms with van der Waals surface area (Å²) in [5.41, 5.74) is -0.521. The molecule has 2 aliphatic heterocycles. The van der Waals surface area contributed by atoms with E-state index in [1.807, 2.05) is 58.5 Å². The number of hydrogen-bond acceptors (Lipinski definition) is 8. The fourth-order valence-corrected chi connectivity index (χ4v) is 6.49. The molecule has 0 bridgehead atoms. The fraction of sp³-hybridized carbons (Fsp3) is 0.469. The lowest BCUT2D eigenvalue weighted by Crippen LogP contribution is -2.59. The van der Waals surface area contributed by atoms with Crippen molar-refractivity contribution in [2.75, 3.05) is 45.2 Å². The van der Waals surface area contributed by atoms with E-state index in [2.05, 4.69) is 6.07 Å². The highest BCUT2D eigenvalue weighted by Gasteiger charge is 2.39. The summed E-state index contributed by atoms with van der Waals surface area (Å²) in [7, 11) is 3.74. The Hall–Kier alpha value is -4.01. The molecule has 44 heavy (non-hydrogen) atoms. The van der Waals surface area contributed by atoms with Crippen LogP contribution < -0.4 is 15.2 Å². The number of likely N-dealkylation sites (N-methyl/N-ethyl adjacent to an activating group) is 1. The molecule has 0 radical (unpaired) electrons. The molecule has 2 aromatic carbocycles. The van der Waals surface area contributed by atoms with Crippen LogP contribution in [0.25, 0.3) is 22.0 Å². The Balaban J connectivity index is 1.78. The highest BCUT2D eigenvalue weighted by molar-refractivity contribution is 6.35. The number of aromatic nitrogens is 1. The Kier molecular flexibility index (Phi) is 8.20. The molecule has 3 heterocycles. The third-order valence-corrected chi connectivity index (χ3v) is 8.29. The summed E-state index contributed by atoms with van der Waals surface area (Å²) in [6, 6.07) is 6.61. The number of hydrogen-bond donors (Lipinski definition) is 1. The van der Waals surface area contributed by atoms with Crippen LogP contribution in [0.15, 0.2) is 29.1 Å². The van der Waals surface area contributed by atoms with E-state index in [9.17, 15) is 20.0 Å². The molecule has 3 atom stereocenters. The number of ether oxygens (including phenoxy) is 2. The van der Waals surface area contributed by atoms with Crippen molar-refractivity contribution in [1.29, 1.82) is 5.26 Å². The maximum Gasteiger partial charge on any atom is 0.410 e. The lowest BCUT2D eigenvalue weighted by atomic mass is 9.95. The molecule has 1 fully saturated rings. The van der Waals surface area contributed by atoms with E-state index in [0.717, 1.165) is 0 Å². The predicted molar refractivity (Wildman–Crippen MR) is 167 cm³/mol. The standard InChI is InChI=1S/C32H37ClFN5O5/c1-17-14-38(31(42)44-32(3,4)5)18(2)13-37(17)27-20-11-22(33)25(26-23(34)9-8-10-24(26)40)29-28(20)39(30(41)21(27)12-35)19(16-43-29)15-36(6)7/h8-11,17-19,40H,13-16H2,1-7H3/t17-,18+,19-/m0/s1. The first-order valence-corrected chi connectivity index (χ1v) is 14.9. The van der Waals surface area contributed by atoms with E-state index in [0.29, 0.717) is 29.7 Å². The zero-order valence-electron chi connectivity index (χ0n) is 25.9. The number of halogens is 2. The third-order valence-electron chi connectivity index (χ3n) is 7.99. The van der Waals surface area contributed by atoms with Gasteiger partial charge in [-0.15, -0.1) is 0 Å². The molecule has 234 valence electrons. The number of amides is 1. The van der Waals surface area contributed by atoms with Crippen molar-refractivity contribution in [2.45, 2.75) is 58.3 Å². The molecule has 1 N–H and O–H groups in total. The van der Waals surface area contributed by atoms with E-state index < -0.39 is 29.1 Å². The van der Waals surface area contributed by atoms with Gasteiger partial charge in [0.1, 0.15) is 35.4 Å². The van der Waals surface area contributed by atoms with Crippen LogP contribution in [0.3, 0.4) is 0 Å². The largest absolute Gasteiger partial charge is 0.507 e. The molecule has 1 amide bonds. The number of pyridine rings is 1. The van der Waals surface area contributed by atoms with Crippen molar-refractivity contribution in [1.82, 2.24) is 14.4 Å². The minimum atomic E-state index is -0.704. The number of rotatable bonds is 4. The summed E-state index contributed by atoms with van der Waals surface area (Å²) in [6.45, 7) is 10.3. The quantitative estimate of drug-likeness (QED) is 0.412. The van der Waals surface area contributed by atoms with Crippen LogP contribution in [0.5, 0.6) is 11.5 Å². The van der Waals surface area contributed by atoms with Gasteiger partial charge in [-0.1, -0.05) is 17.7 Å². The Bertz CT molecular complexity index is 1720. The predicted octanol–water partition coefficient (Wildman–Crippen LogP) is 5.37. The van der Waals surface area contributed by atoms with Crippen LogP contribution in [-0.4, -0.2) is 83.6 Å². The molecule has 10 nitrogen and oxygen atoms in total. The van der Waals surface area contributed by atoms with Gasteiger partial charge >= 0.3 is 6.09 Å². The number of benzene rings is 2. The number of carbonyl (C=O) groups is 1. The maximum atomic E-state index is 15.2. The third kappa shape index (κ3) is 5.41. The lowest BCUT2D eigenvalue weighted by Gasteiger charge is -2.46. The van der Waals surface area contributed by atoms with E-state index in [1.54, 1.807) is 15.5 Å². The highest BCUT2D eigenvalue weighted by Crippen LogP contribution is 2.50. The second-order valence-electron chi connectivity index (χ2n) is 12.8. The van der Waals surface area contributed by atoms with Gasteiger partial charge < -0.3 is 29.3 Å². The molecule has 3 aromatic rings. The normalized spacial score (nSPS) is 20.1. The first-order valence-electron chi connectivity index (χ1n) is 14.5. The number of nitriles is 1. The van der Waals surface area contributed by atoms with Crippen molar-refractivity contribution >= 4 is 34.3 Å². The van der Waals surface area contributed by atoms with E-state index in [-0.39, 0.29) is 58.4 Å². The number of phenolic OH excluding ortho intramolecular Hbond substituents is 1. The molecular formula is C32H37ClFN5O5. The molecule has 1 aromatic heterocycles. The SMILES string of the molecule is C[C@@H]1CN(c2c(C#N)c(=O)n3c4c(c(-c5c(O)cccc5F)c(Cl)cc24)OC[C@@H]3CN(C)C)[C@@H](C)CN1C(=O)OC(C)(C)C. The van der Waals surface area contributed by atoms with Gasteiger partial charge in [-0.2, -0.15) is 5.26 Å². The molecule has 12 heteroatoms. The minimum absolute atomic E-state index is 0.0589. The van der Waals surface area contributed by atoms with Crippen LogP contribution in [0.1, 0.15) is 46.2 Å². The number of nitrogens with zero attached hydrogens (tertiary/aromatic N) is 5. The van der Waals surface area contributed by atoms with Gasteiger partial charge in [0.2, 0.25) is 0 Å². The van der Waals surface area contributed by atoms with Crippen molar-refractivity contribution < 1.29 is 23.8 Å². The average molecular weight is 626 g/mol. The average Bonchev–Trinajstić information content (AvgIpc) is 2.91. The molecule has 2 aliphatic rings. The fourth-order valence-electron chi connectivity index (χ4n) is 6.20. The van der Waals surface area contributed by atoms with Crippen molar-refractivity contribution in [3.05, 3.63) is 51.0 Å². The van der Waals surface area contributed by atoms with Gasteiger partial charge in [0.15, 0.2) is 5.75 Å². The van der Waals surface area contributed by atoms with Gasteiger partial charge in [-0.3, -0.25) is 9.36 Å².